The van der Waals surface area contributed by atoms with E-state index >= 15 is 0 Å². The summed E-state index contributed by atoms with van der Waals surface area (Å²) in [6.45, 7) is 0. The van der Waals surface area contributed by atoms with Crippen molar-refractivity contribution >= 4 is 11.8 Å². The van der Waals surface area contributed by atoms with E-state index in [9.17, 15) is 13.2 Å². The summed E-state index contributed by atoms with van der Waals surface area (Å²) in [6, 6.07) is 0. The minimum Gasteiger partial charge on any atom is -0.169 e. The van der Waals surface area contributed by atoms with Gasteiger partial charge < -0.3 is 0 Å². The predicted octanol–water partition coefficient (Wildman–Crippen LogP) is 2.73. The first-order valence-corrected chi connectivity index (χ1v) is 3.60. The highest BCUT2D eigenvalue weighted by atomic mass is 32.2. The molecule has 0 saturated carbocycles. The number of hydrogen-bond acceptors (Lipinski definition) is 1. The van der Waals surface area contributed by atoms with Gasteiger partial charge in [-0.1, -0.05) is 18.2 Å². The van der Waals surface area contributed by atoms with Crippen LogP contribution in [0.3, 0.4) is 0 Å². The maximum Gasteiger partial charge on any atom is 0.404 e. The monoisotopic (exact) mass is 166 g/mol. The Kier molecular flexibility index (Phi) is 2.08. The molecular weight excluding hydrogens is 161 g/mol. The summed E-state index contributed by atoms with van der Waals surface area (Å²) in [5.41, 5.74) is 0. The molecule has 0 aromatic carbocycles. The SMILES string of the molecule is FC(F)(F)C1C=CC=CS1. The highest BCUT2D eigenvalue weighted by Gasteiger charge is 2.37. The molecule has 1 aliphatic rings. The first-order chi connectivity index (χ1) is 4.61. The van der Waals surface area contributed by atoms with E-state index in [2.05, 4.69) is 0 Å². The molecule has 1 atom stereocenters. The van der Waals surface area contributed by atoms with E-state index in [0.717, 1.165) is 17.8 Å². The lowest BCUT2D eigenvalue weighted by Gasteiger charge is -2.15. The zero-order valence-corrected chi connectivity index (χ0v) is 5.75. The second kappa shape index (κ2) is 2.70. The van der Waals surface area contributed by atoms with Crippen molar-refractivity contribution in [3.8, 4) is 0 Å². The first kappa shape index (κ1) is 7.72. The van der Waals surface area contributed by atoms with Gasteiger partial charge in [-0.15, -0.1) is 11.8 Å². The van der Waals surface area contributed by atoms with Crippen molar-refractivity contribution in [1.29, 1.82) is 0 Å². The van der Waals surface area contributed by atoms with Gasteiger partial charge in [0.2, 0.25) is 0 Å². The molecule has 0 radical (unpaired) electrons. The van der Waals surface area contributed by atoms with Crippen LogP contribution in [0.25, 0.3) is 0 Å². The Hall–Kier alpha value is -0.380. The lowest BCUT2D eigenvalue weighted by molar-refractivity contribution is -0.119. The van der Waals surface area contributed by atoms with Crippen molar-refractivity contribution in [3.05, 3.63) is 23.6 Å². The molecule has 10 heavy (non-hydrogen) atoms. The van der Waals surface area contributed by atoms with Crippen molar-refractivity contribution in [2.45, 2.75) is 11.4 Å². The summed E-state index contributed by atoms with van der Waals surface area (Å²) >= 11 is 0.778. The van der Waals surface area contributed by atoms with Gasteiger partial charge in [-0.3, -0.25) is 0 Å². The third-order valence-electron chi connectivity index (χ3n) is 1.02. The van der Waals surface area contributed by atoms with E-state index in [4.69, 9.17) is 0 Å². The molecule has 0 N–H and O–H groups in total. The smallest absolute Gasteiger partial charge is 0.169 e. The Morgan fingerprint density at radius 1 is 1.20 bits per heavy atom. The van der Waals surface area contributed by atoms with E-state index < -0.39 is 11.4 Å². The van der Waals surface area contributed by atoms with Crippen molar-refractivity contribution in [1.82, 2.24) is 0 Å². The molecule has 0 aliphatic carbocycles. The van der Waals surface area contributed by atoms with Crippen LogP contribution in [0.15, 0.2) is 23.6 Å². The highest BCUT2D eigenvalue weighted by Crippen LogP contribution is 2.33. The number of alkyl halides is 3. The highest BCUT2D eigenvalue weighted by molar-refractivity contribution is 8.03. The summed E-state index contributed by atoms with van der Waals surface area (Å²) in [4.78, 5) is 0. The molecule has 1 rings (SSSR count). The average Bonchev–Trinajstić information content (AvgIpc) is 1.88. The molecular formula is C6H5F3S. The number of rotatable bonds is 0. The Morgan fingerprint density at radius 2 is 1.90 bits per heavy atom. The number of hydrogen-bond donors (Lipinski definition) is 0. The standard InChI is InChI=1S/C6H5F3S/c7-6(8,9)5-3-1-2-4-10-5/h1-5H. The van der Waals surface area contributed by atoms with Gasteiger partial charge in [0.1, 0.15) is 5.25 Å². The van der Waals surface area contributed by atoms with Crippen LogP contribution in [0.1, 0.15) is 0 Å². The molecule has 0 amide bonds. The fraction of sp³-hybridized carbons (Fsp3) is 0.333. The van der Waals surface area contributed by atoms with Crippen molar-refractivity contribution < 1.29 is 13.2 Å². The zero-order chi connectivity index (χ0) is 7.61. The van der Waals surface area contributed by atoms with Gasteiger partial charge in [0.05, 0.1) is 0 Å². The van der Waals surface area contributed by atoms with Crippen LogP contribution in [0.4, 0.5) is 13.2 Å². The lowest BCUT2D eigenvalue weighted by Crippen LogP contribution is -2.23. The number of allylic oxidation sites excluding steroid dienone is 2. The third kappa shape index (κ3) is 1.80. The van der Waals surface area contributed by atoms with Gasteiger partial charge in [-0.05, 0) is 5.41 Å². The molecule has 0 nitrogen and oxygen atoms in total. The van der Waals surface area contributed by atoms with Crippen LogP contribution in [-0.2, 0) is 0 Å². The molecule has 0 bridgehead atoms. The molecule has 56 valence electrons. The number of halogens is 3. The predicted molar refractivity (Wildman–Crippen MR) is 35.7 cm³/mol. The molecule has 1 aliphatic heterocycles. The topological polar surface area (TPSA) is 0 Å². The molecule has 0 aromatic rings. The van der Waals surface area contributed by atoms with Crippen molar-refractivity contribution in [3.63, 3.8) is 0 Å². The summed E-state index contributed by atoms with van der Waals surface area (Å²) < 4.78 is 35.5. The van der Waals surface area contributed by atoms with Gasteiger partial charge in [0.15, 0.2) is 0 Å². The van der Waals surface area contributed by atoms with Gasteiger partial charge in [-0.2, -0.15) is 13.2 Å². The Bertz CT molecular complexity index is 168. The Morgan fingerprint density at radius 3 is 2.20 bits per heavy atom. The van der Waals surface area contributed by atoms with Gasteiger partial charge >= 0.3 is 6.18 Å². The number of thioether (sulfide) groups is 1. The summed E-state index contributed by atoms with van der Waals surface area (Å²) in [6.07, 6.45) is 0.0398. The van der Waals surface area contributed by atoms with Crippen LogP contribution in [0.5, 0.6) is 0 Å². The second-order valence-corrected chi connectivity index (χ2v) is 2.86. The normalized spacial score (nSPS) is 25.3. The molecule has 0 spiro atoms. The summed E-state index contributed by atoms with van der Waals surface area (Å²) in [5.74, 6) is 0. The molecule has 1 heterocycles. The lowest BCUT2D eigenvalue weighted by atomic mass is 10.3. The van der Waals surface area contributed by atoms with Gasteiger partial charge in [-0.25, -0.2) is 0 Å². The minimum atomic E-state index is -4.11. The largest absolute Gasteiger partial charge is 0.404 e. The quantitative estimate of drug-likeness (QED) is 0.533. The first-order valence-electron chi connectivity index (χ1n) is 2.66. The van der Waals surface area contributed by atoms with Crippen LogP contribution < -0.4 is 0 Å². The van der Waals surface area contributed by atoms with E-state index in [1.54, 1.807) is 6.08 Å². The Labute approximate surface area is 60.8 Å². The zero-order valence-electron chi connectivity index (χ0n) is 4.93. The van der Waals surface area contributed by atoms with Crippen LogP contribution >= 0.6 is 11.8 Å². The molecule has 1 unspecified atom stereocenters. The average molecular weight is 166 g/mol. The van der Waals surface area contributed by atoms with Crippen molar-refractivity contribution in [2.24, 2.45) is 0 Å². The fourth-order valence-corrected chi connectivity index (χ4v) is 1.26. The van der Waals surface area contributed by atoms with E-state index in [1.165, 1.54) is 11.5 Å². The summed E-state index contributed by atoms with van der Waals surface area (Å²) in [5, 5.41) is 0.0931. The molecule has 0 saturated heterocycles. The fourth-order valence-electron chi connectivity index (χ4n) is 0.572. The molecule has 0 fully saturated rings. The third-order valence-corrected chi connectivity index (χ3v) is 2.06. The maximum atomic E-state index is 11.8. The molecule has 0 aromatic heterocycles. The van der Waals surface area contributed by atoms with Crippen LogP contribution in [-0.4, -0.2) is 11.4 Å². The van der Waals surface area contributed by atoms with Crippen molar-refractivity contribution in [2.75, 3.05) is 0 Å². The minimum absolute atomic E-state index is 0.778. The van der Waals surface area contributed by atoms with Gasteiger partial charge in [0.25, 0.3) is 0 Å². The maximum absolute atomic E-state index is 11.8. The van der Waals surface area contributed by atoms with Gasteiger partial charge in [0, 0.05) is 0 Å². The second-order valence-electron chi connectivity index (χ2n) is 1.81. The summed E-state index contributed by atoms with van der Waals surface area (Å²) in [7, 11) is 0. The van der Waals surface area contributed by atoms with Crippen LogP contribution in [0, 0.1) is 0 Å². The van der Waals surface area contributed by atoms with E-state index in [0.29, 0.717) is 0 Å². The molecule has 4 heteroatoms. The van der Waals surface area contributed by atoms with Crippen LogP contribution in [0.2, 0.25) is 0 Å². The van der Waals surface area contributed by atoms with E-state index in [-0.39, 0.29) is 0 Å². The van der Waals surface area contributed by atoms with E-state index in [1.807, 2.05) is 0 Å². The Balaban J connectivity index is 2.60.